The first-order valence-corrected chi connectivity index (χ1v) is 6.81. The molecule has 2 aromatic rings. The van der Waals surface area contributed by atoms with Gasteiger partial charge in [-0.25, -0.2) is 0 Å². The van der Waals surface area contributed by atoms with Gasteiger partial charge >= 0.3 is 0 Å². The summed E-state index contributed by atoms with van der Waals surface area (Å²) in [6.07, 6.45) is 1.84. The van der Waals surface area contributed by atoms with Crippen LogP contribution in [0.15, 0.2) is 42.6 Å². The quantitative estimate of drug-likeness (QED) is 0.888. The van der Waals surface area contributed by atoms with Crippen molar-refractivity contribution in [2.24, 2.45) is 0 Å². The van der Waals surface area contributed by atoms with Crippen LogP contribution in [0.1, 0.15) is 48.3 Å². The van der Waals surface area contributed by atoms with Crippen molar-refractivity contribution in [3.63, 3.8) is 0 Å². The molecule has 1 aromatic carbocycles. The molecule has 0 aliphatic rings. The maximum Gasteiger partial charge on any atom is 0.0570 e. The molecule has 1 aromatic heterocycles. The highest BCUT2D eigenvalue weighted by Gasteiger charge is 2.12. The molecule has 0 aliphatic heterocycles. The van der Waals surface area contributed by atoms with Crippen LogP contribution in [-0.2, 0) is 0 Å². The lowest BCUT2D eigenvalue weighted by atomic mass is 10.0. The number of nitrogens with zero attached hydrogens (tertiary/aromatic N) is 1. The van der Waals surface area contributed by atoms with Gasteiger partial charge in [-0.05, 0) is 45.4 Å². The third kappa shape index (κ3) is 3.65. The van der Waals surface area contributed by atoms with Gasteiger partial charge in [0.2, 0.25) is 0 Å². The standard InChI is InChI=1S/C17H22N2/c1-12-9-13(2)11-16(10-12)14(3)19-15(4)17-7-5-6-8-18-17/h5-11,14-15,19H,1-4H3/t14?,15-/m1/s1. The van der Waals surface area contributed by atoms with Crippen LogP contribution in [-0.4, -0.2) is 4.98 Å². The molecule has 2 atom stereocenters. The third-order valence-electron chi connectivity index (χ3n) is 3.38. The topological polar surface area (TPSA) is 24.9 Å². The lowest BCUT2D eigenvalue weighted by Gasteiger charge is -2.20. The van der Waals surface area contributed by atoms with E-state index in [1.165, 1.54) is 16.7 Å². The normalized spacial score (nSPS) is 14.1. The van der Waals surface area contributed by atoms with E-state index in [1.54, 1.807) is 0 Å². The molecule has 0 radical (unpaired) electrons. The Morgan fingerprint density at radius 3 is 2.21 bits per heavy atom. The van der Waals surface area contributed by atoms with E-state index < -0.39 is 0 Å². The molecule has 0 saturated carbocycles. The number of benzene rings is 1. The second-order valence-electron chi connectivity index (χ2n) is 5.29. The summed E-state index contributed by atoms with van der Waals surface area (Å²) >= 11 is 0. The number of aromatic nitrogens is 1. The molecule has 100 valence electrons. The highest BCUT2D eigenvalue weighted by molar-refractivity contribution is 5.30. The Morgan fingerprint density at radius 2 is 1.63 bits per heavy atom. The number of aryl methyl sites for hydroxylation is 2. The Hall–Kier alpha value is -1.67. The van der Waals surface area contributed by atoms with E-state index >= 15 is 0 Å². The van der Waals surface area contributed by atoms with Crippen molar-refractivity contribution in [3.05, 3.63) is 65.0 Å². The van der Waals surface area contributed by atoms with Gasteiger partial charge in [0.15, 0.2) is 0 Å². The second-order valence-corrected chi connectivity index (χ2v) is 5.29. The molecule has 2 rings (SSSR count). The van der Waals surface area contributed by atoms with Crippen molar-refractivity contribution >= 4 is 0 Å². The lowest BCUT2D eigenvalue weighted by molar-refractivity contribution is 0.486. The smallest absolute Gasteiger partial charge is 0.0570 e. The van der Waals surface area contributed by atoms with Crippen molar-refractivity contribution in [1.29, 1.82) is 0 Å². The first-order valence-electron chi connectivity index (χ1n) is 6.81. The van der Waals surface area contributed by atoms with Gasteiger partial charge in [0, 0.05) is 18.3 Å². The van der Waals surface area contributed by atoms with Gasteiger partial charge in [-0.15, -0.1) is 0 Å². The largest absolute Gasteiger partial charge is 0.302 e. The van der Waals surface area contributed by atoms with Gasteiger partial charge < -0.3 is 5.32 Å². The molecule has 2 nitrogen and oxygen atoms in total. The van der Waals surface area contributed by atoms with E-state index in [4.69, 9.17) is 0 Å². The van der Waals surface area contributed by atoms with Crippen LogP contribution < -0.4 is 5.32 Å². The average Bonchev–Trinajstić information content (AvgIpc) is 2.38. The van der Waals surface area contributed by atoms with E-state index in [-0.39, 0.29) is 6.04 Å². The van der Waals surface area contributed by atoms with Gasteiger partial charge in [-0.3, -0.25) is 4.98 Å². The number of hydrogen-bond acceptors (Lipinski definition) is 2. The average molecular weight is 254 g/mol. The third-order valence-corrected chi connectivity index (χ3v) is 3.38. The van der Waals surface area contributed by atoms with Gasteiger partial charge in [0.05, 0.1) is 5.69 Å². The predicted octanol–water partition coefficient (Wildman–Crippen LogP) is 4.11. The van der Waals surface area contributed by atoms with Gasteiger partial charge in [0.1, 0.15) is 0 Å². The van der Waals surface area contributed by atoms with E-state index in [9.17, 15) is 0 Å². The summed E-state index contributed by atoms with van der Waals surface area (Å²) in [5, 5.41) is 3.60. The Bertz CT molecular complexity index is 514. The van der Waals surface area contributed by atoms with Crippen molar-refractivity contribution in [2.75, 3.05) is 0 Å². The minimum atomic E-state index is 0.247. The van der Waals surface area contributed by atoms with Crippen LogP contribution in [0.25, 0.3) is 0 Å². The number of rotatable bonds is 4. The molecular formula is C17H22N2. The summed E-state index contributed by atoms with van der Waals surface area (Å²) in [7, 11) is 0. The van der Waals surface area contributed by atoms with Crippen molar-refractivity contribution in [3.8, 4) is 0 Å². The van der Waals surface area contributed by atoms with Crippen LogP contribution >= 0.6 is 0 Å². The van der Waals surface area contributed by atoms with Gasteiger partial charge in [-0.2, -0.15) is 0 Å². The fraction of sp³-hybridized carbons (Fsp3) is 0.353. The van der Waals surface area contributed by atoms with E-state index in [0.29, 0.717) is 6.04 Å². The highest BCUT2D eigenvalue weighted by Crippen LogP contribution is 2.20. The van der Waals surface area contributed by atoms with Crippen LogP contribution in [0, 0.1) is 13.8 Å². The molecule has 0 bridgehead atoms. The summed E-state index contributed by atoms with van der Waals surface area (Å²) in [6, 6.07) is 13.3. The second kappa shape index (κ2) is 5.98. The summed E-state index contributed by atoms with van der Waals surface area (Å²) in [5.74, 6) is 0. The molecule has 0 amide bonds. The molecular weight excluding hydrogens is 232 g/mol. The highest BCUT2D eigenvalue weighted by atomic mass is 15.0. The van der Waals surface area contributed by atoms with Crippen LogP contribution in [0.4, 0.5) is 0 Å². The Labute approximate surface area is 115 Å². The van der Waals surface area contributed by atoms with E-state index in [1.807, 2.05) is 18.3 Å². The summed E-state index contributed by atoms with van der Waals surface area (Å²) in [5.41, 5.74) is 5.04. The van der Waals surface area contributed by atoms with Crippen molar-refractivity contribution in [1.82, 2.24) is 10.3 Å². The minimum absolute atomic E-state index is 0.247. The maximum absolute atomic E-state index is 4.40. The SMILES string of the molecule is Cc1cc(C)cc(C(C)N[C@H](C)c2ccccn2)c1. The number of nitrogens with one attached hydrogen (secondary N) is 1. The van der Waals surface area contributed by atoms with E-state index in [2.05, 4.69) is 62.3 Å². The van der Waals surface area contributed by atoms with Gasteiger partial charge in [-0.1, -0.05) is 35.4 Å². The van der Waals surface area contributed by atoms with Crippen LogP contribution in [0.3, 0.4) is 0 Å². The summed E-state index contributed by atoms with van der Waals surface area (Å²) in [6.45, 7) is 8.64. The van der Waals surface area contributed by atoms with Crippen LogP contribution in [0.2, 0.25) is 0 Å². The molecule has 0 aliphatic carbocycles. The van der Waals surface area contributed by atoms with Crippen molar-refractivity contribution < 1.29 is 0 Å². The lowest BCUT2D eigenvalue weighted by Crippen LogP contribution is -2.23. The monoisotopic (exact) mass is 254 g/mol. The van der Waals surface area contributed by atoms with E-state index in [0.717, 1.165) is 5.69 Å². The molecule has 0 saturated heterocycles. The molecule has 2 heteroatoms. The summed E-state index contributed by atoms with van der Waals surface area (Å²) in [4.78, 5) is 4.40. The Balaban J connectivity index is 2.10. The summed E-state index contributed by atoms with van der Waals surface area (Å²) < 4.78 is 0. The zero-order chi connectivity index (χ0) is 13.8. The molecule has 1 unspecified atom stereocenters. The first kappa shape index (κ1) is 13.8. The Kier molecular flexibility index (Phi) is 4.33. The molecule has 1 N–H and O–H groups in total. The van der Waals surface area contributed by atoms with Crippen molar-refractivity contribution in [2.45, 2.75) is 39.8 Å². The molecule has 19 heavy (non-hydrogen) atoms. The Morgan fingerprint density at radius 1 is 0.947 bits per heavy atom. The minimum Gasteiger partial charge on any atom is -0.302 e. The van der Waals surface area contributed by atoms with Gasteiger partial charge in [0.25, 0.3) is 0 Å². The molecule has 1 heterocycles. The molecule has 0 fully saturated rings. The number of pyridine rings is 1. The zero-order valence-electron chi connectivity index (χ0n) is 12.1. The van der Waals surface area contributed by atoms with Crippen LogP contribution in [0.5, 0.6) is 0 Å². The zero-order valence-corrected chi connectivity index (χ0v) is 12.1. The first-order chi connectivity index (χ1) is 9.06. The fourth-order valence-electron chi connectivity index (χ4n) is 2.45. The molecule has 0 spiro atoms. The maximum atomic E-state index is 4.40. The predicted molar refractivity (Wildman–Crippen MR) is 80.1 cm³/mol. The number of hydrogen-bond donors (Lipinski definition) is 1. The fourth-order valence-corrected chi connectivity index (χ4v) is 2.45.